The summed E-state index contributed by atoms with van der Waals surface area (Å²) in [4.78, 5) is 25.2. The van der Waals surface area contributed by atoms with Crippen molar-refractivity contribution in [2.24, 2.45) is 5.92 Å². The standard InChI is InChI=1S/C21H25NO3/c1-4-15(2)19(21(24)25-3)22-20(23)18(16-11-7-5-8-12-16)17-13-9-6-10-14-17/h5-15,18-19H,4H2,1-3H3,(H,22,23)/t15-,19+/m0/s1. The summed E-state index contributed by atoms with van der Waals surface area (Å²) in [5.41, 5.74) is 1.78. The predicted molar refractivity (Wildman–Crippen MR) is 98.1 cm³/mol. The van der Waals surface area contributed by atoms with Gasteiger partial charge >= 0.3 is 5.97 Å². The van der Waals surface area contributed by atoms with Crippen molar-refractivity contribution in [3.05, 3.63) is 71.8 Å². The van der Waals surface area contributed by atoms with Gasteiger partial charge in [-0.3, -0.25) is 4.79 Å². The van der Waals surface area contributed by atoms with E-state index in [0.717, 1.165) is 17.5 Å². The van der Waals surface area contributed by atoms with Crippen LogP contribution in [0, 0.1) is 5.92 Å². The largest absolute Gasteiger partial charge is 0.467 e. The van der Waals surface area contributed by atoms with Gasteiger partial charge in [-0.2, -0.15) is 0 Å². The maximum absolute atomic E-state index is 13.1. The molecule has 0 aliphatic carbocycles. The van der Waals surface area contributed by atoms with Crippen LogP contribution in [0.15, 0.2) is 60.7 Å². The monoisotopic (exact) mass is 339 g/mol. The lowest BCUT2D eigenvalue weighted by atomic mass is 9.89. The fourth-order valence-corrected chi connectivity index (χ4v) is 2.82. The average molecular weight is 339 g/mol. The molecule has 25 heavy (non-hydrogen) atoms. The zero-order chi connectivity index (χ0) is 18.2. The van der Waals surface area contributed by atoms with Gasteiger partial charge in [-0.1, -0.05) is 80.9 Å². The molecule has 0 radical (unpaired) electrons. The van der Waals surface area contributed by atoms with Crippen LogP contribution < -0.4 is 5.32 Å². The van der Waals surface area contributed by atoms with Gasteiger partial charge in [0, 0.05) is 0 Å². The molecule has 2 rings (SSSR count). The molecule has 0 heterocycles. The molecule has 0 aromatic heterocycles. The molecular formula is C21H25NO3. The molecule has 4 nitrogen and oxygen atoms in total. The van der Waals surface area contributed by atoms with Crippen LogP contribution in [0.25, 0.3) is 0 Å². The number of carbonyl (C=O) groups is 2. The lowest BCUT2D eigenvalue weighted by Crippen LogP contribution is -2.47. The molecule has 2 aromatic rings. The first-order valence-electron chi connectivity index (χ1n) is 8.56. The molecule has 0 aliphatic rings. The molecule has 0 spiro atoms. The van der Waals surface area contributed by atoms with Crippen LogP contribution in [0.3, 0.4) is 0 Å². The molecule has 0 bridgehead atoms. The van der Waals surface area contributed by atoms with Gasteiger partial charge in [-0.05, 0) is 17.0 Å². The SMILES string of the molecule is CC[C@H](C)[C@@H](NC(=O)C(c1ccccc1)c1ccccc1)C(=O)OC. The smallest absolute Gasteiger partial charge is 0.328 e. The number of hydrogen-bond acceptors (Lipinski definition) is 3. The Kier molecular flexibility index (Phi) is 6.75. The Morgan fingerprint density at radius 2 is 1.44 bits per heavy atom. The third-order valence-corrected chi connectivity index (χ3v) is 4.49. The summed E-state index contributed by atoms with van der Waals surface area (Å²) in [6, 6.07) is 18.5. The number of amides is 1. The number of esters is 1. The van der Waals surface area contributed by atoms with E-state index in [9.17, 15) is 9.59 Å². The maximum atomic E-state index is 13.1. The third-order valence-electron chi connectivity index (χ3n) is 4.49. The molecule has 2 atom stereocenters. The zero-order valence-electron chi connectivity index (χ0n) is 14.9. The molecule has 4 heteroatoms. The van der Waals surface area contributed by atoms with Gasteiger partial charge in [0.15, 0.2) is 0 Å². The van der Waals surface area contributed by atoms with Gasteiger partial charge in [0.2, 0.25) is 5.91 Å². The van der Waals surface area contributed by atoms with Gasteiger partial charge in [-0.25, -0.2) is 4.79 Å². The molecule has 132 valence electrons. The summed E-state index contributed by atoms with van der Waals surface area (Å²) >= 11 is 0. The van der Waals surface area contributed by atoms with Crippen molar-refractivity contribution < 1.29 is 14.3 Å². The van der Waals surface area contributed by atoms with E-state index in [1.165, 1.54) is 7.11 Å². The van der Waals surface area contributed by atoms with Crippen LogP contribution in [0.2, 0.25) is 0 Å². The molecule has 0 fully saturated rings. The first-order chi connectivity index (χ1) is 12.1. The predicted octanol–water partition coefficient (Wildman–Crippen LogP) is 3.52. The summed E-state index contributed by atoms with van der Waals surface area (Å²) in [5, 5.41) is 2.90. The summed E-state index contributed by atoms with van der Waals surface area (Å²) in [6.07, 6.45) is 0.765. The number of carbonyl (C=O) groups excluding carboxylic acids is 2. The first kappa shape index (κ1) is 18.7. The molecular weight excluding hydrogens is 314 g/mol. The van der Waals surface area contributed by atoms with Crippen LogP contribution in [-0.4, -0.2) is 25.0 Å². The minimum atomic E-state index is -0.655. The normalized spacial score (nSPS) is 13.1. The Hall–Kier alpha value is -2.62. The second kappa shape index (κ2) is 9.02. The second-order valence-corrected chi connectivity index (χ2v) is 6.15. The van der Waals surface area contributed by atoms with E-state index in [1.807, 2.05) is 74.5 Å². The molecule has 0 unspecified atom stereocenters. The highest BCUT2D eigenvalue weighted by Gasteiger charge is 2.31. The Morgan fingerprint density at radius 3 is 1.84 bits per heavy atom. The Balaban J connectivity index is 2.34. The van der Waals surface area contributed by atoms with Crippen LogP contribution in [0.1, 0.15) is 37.3 Å². The van der Waals surface area contributed by atoms with E-state index >= 15 is 0 Å². The van der Waals surface area contributed by atoms with Crippen molar-refractivity contribution in [2.45, 2.75) is 32.2 Å². The highest BCUT2D eigenvalue weighted by atomic mass is 16.5. The van der Waals surface area contributed by atoms with Crippen molar-refractivity contribution >= 4 is 11.9 Å². The number of rotatable bonds is 7. The van der Waals surface area contributed by atoms with Gasteiger partial charge < -0.3 is 10.1 Å². The molecule has 1 N–H and O–H groups in total. The topological polar surface area (TPSA) is 55.4 Å². The van der Waals surface area contributed by atoms with Crippen molar-refractivity contribution in [1.82, 2.24) is 5.32 Å². The molecule has 0 saturated carbocycles. The average Bonchev–Trinajstić information content (AvgIpc) is 2.66. The van der Waals surface area contributed by atoms with E-state index in [1.54, 1.807) is 0 Å². The Bertz CT molecular complexity index is 645. The molecule has 1 amide bonds. The molecule has 0 saturated heterocycles. The fraction of sp³-hybridized carbons (Fsp3) is 0.333. The molecule has 0 aliphatic heterocycles. The van der Waals surface area contributed by atoms with E-state index in [-0.39, 0.29) is 11.8 Å². The van der Waals surface area contributed by atoms with Gasteiger partial charge in [0.25, 0.3) is 0 Å². The van der Waals surface area contributed by atoms with E-state index < -0.39 is 17.9 Å². The highest BCUT2D eigenvalue weighted by Crippen LogP contribution is 2.25. The number of methoxy groups -OCH3 is 1. The van der Waals surface area contributed by atoms with E-state index in [0.29, 0.717) is 0 Å². The van der Waals surface area contributed by atoms with Gasteiger partial charge in [0.05, 0.1) is 13.0 Å². The fourth-order valence-electron chi connectivity index (χ4n) is 2.82. The zero-order valence-corrected chi connectivity index (χ0v) is 14.9. The Morgan fingerprint density at radius 1 is 0.960 bits per heavy atom. The number of ether oxygens (including phenoxy) is 1. The number of nitrogens with one attached hydrogen (secondary N) is 1. The van der Waals surface area contributed by atoms with Crippen LogP contribution >= 0.6 is 0 Å². The van der Waals surface area contributed by atoms with Crippen molar-refractivity contribution in [3.63, 3.8) is 0 Å². The van der Waals surface area contributed by atoms with Crippen LogP contribution in [-0.2, 0) is 14.3 Å². The van der Waals surface area contributed by atoms with E-state index in [2.05, 4.69) is 5.32 Å². The van der Waals surface area contributed by atoms with Crippen molar-refractivity contribution in [3.8, 4) is 0 Å². The van der Waals surface area contributed by atoms with E-state index in [4.69, 9.17) is 4.74 Å². The summed E-state index contributed by atoms with van der Waals surface area (Å²) < 4.78 is 4.87. The minimum absolute atomic E-state index is 0.0106. The maximum Gasteiger partial charge on any atom is 0.328 e. The lowest BCUT2D eigenvalue weighted by Gasteiger charge is -2.25. The summed E-state index contributed by atoms with van der Waals surface area (Å²) in [7, 11) is 1.34. The van der Waals surface area contributed by atoms with Gasteiger partial charge in [-0.15, -0.1) is 0 Å². The van der Waals surface area contributed by atoms with Crippen LogP contribution in [0.4, 0.5) is 0 Å². The summed E-state index contributed by atoms with van der Waals surface area (Å²) in [6.45, 7) is 3.92. The van der Waals surface area contributed by atoms with Crippen molar-refractivity contribution in [2.75, 3.05) is 7.11 Å². The first-order valence-corrected chi connectivity index (χ1v) is 8.56. The molecule has 2 aromatic carbocycles. The van der Waals surface area contributed by atoms with Gasteiger partial charge in [0.1, 0.15) is 6.04 Å². The minimum Gasteiger partial charge on any atom is -0.467 e. The van der Waals surface area contributed by atoms with Crippen LogP contribution in [0.5, 0.6) is 0 Å². The summed E-state index contributed by atoms with van der Waals surface area (Å²) in [5.74, 6) is -1.10. The quantitative estimate of drug-likeness (QED) is 0.785. The van der Waals surface area contributed by atoms with Crippen molar-refractivity contribution in [1.29, 1.82) is 0 Å². The second-order valence-electron chi connectivity index (χ2n) is 6.15. The number of benzene rings is 2. The number of hydrogen-bond donors (Lipinski definition) is 1. The third kappa shape index (κ3) is 4.69. The Labute approximate surface area is 149 Å². The highest BCUT2D eigenvalue weighted by molar-refractivity contribution is 5.91. The lowest BCUT2D eigenvalue weighted by molar-refractivity contribution is -0.146.